The first-order valence-corrected chi connectivity index (χ1v) is 4.78. The fourth-order valence-electron chi connectivity index (χ4n) is 2.12. The summed E-state index contributed by atoms with van der Waals surface area (Å²) in [5.41, 5.74) is -0.0657. The Balaban J connectivity index is 1.96. The maximum absolute atomic E-state index is 5.71. The number of nitrogens with one attached hydrogen (secondary N) is 1. The summed E-state index contributed by atoms with van der Waals surface area (Å²) >= 11 is 0. The van der Waals surface area contributed by atoms with Gasteiger partial charge >= 0.3 is 0 Å². The van der Waals surface area contributed by atoms with Crippen molar-refractivity contribution in [2.45, 2.75) is 25.5 Å². The van der Waals surface area contributed by atoms with Gasteiger partial charge in [-0.25, -0.2) is 0 Å². The van der Waals surface area contributed by atoms with Gasteiger partial charge < -0.3 is 9.47 Å². The first-order chi connectivity index (χ1) is 5.81. The Morgan fingerprint density at radius 3 is 2.58 bits per heavy atom. The average Bonchev–Trinajstić information content (AvgIpc) is 2.55. The predicted molar refractivity (Wildman–Crippen MR) is 45.9 cm³/mol. The Morgan fingerprint density at radius 1 is 1.25 bits per heavy atom. The van der Waals surface area contributed by atoms with Gasteiger partial charge in [-0.15, -0.1) is 0 Å². The molecule has 0 aromatic heterocycles. The van der Waals surface area contributed by atoms with Gasteiger partial charge in [0.05, 0.1) is 6.61 Å². The van der Waals surface area contributed by atoms with Crippen molar-refractivity contribution in [2.75, 3.05) is 26.4 Å². The lowest BCUT2D eigenvalue weighted by Crippen LogP contribution is -2.47. The van der Waals surface area contributed by atoms with Crippen molar-refractivity contribution in [3.8, 4) is 0 Å². The van der Waals surface area contributed by atoms with E-state index in [0.29, 0.717) is 5.92 Å². The fraction of sp³-hybridized carbons (Fsp3) is 1.00. The van der Waals surface area contributed by atoms with Crippen molar-refractivity contribution >= 4 is 0 Å². The number of hydrogen-bond acceptors (Lipinski definition) is 3. The van der Waals surface area contributed by atoms with E-state index >= 15 is 0 Å². The van der Waals surface area contributed by atoms with Crippen LogP contribution in [0.15, 0.2) is 0 Å². The Hall–Kier alpha value is -0.120. The lowest BCUT2D eigenvalue weighted by molar-refractivity contribution is -0.0799. The topological polar surface area (TPSA) is 30.5 Å². The Kier molecular flexibility index (Phi) is 2.35. The van der Waals surface area contributed by atoms with Crippen LogP contribution in [0.3, 0.4) is 0 Å². The molecule has 70 valence electrons. The molecule has 2 saturated heterocycles. The van der Waals surface area contributed by atoms with E-state index in [9.17, 15) is 0 Å². The minimum atomic E-state index is -0.0657. The van der Waals surface area contributed by atoms with Crippen LogP contribution in [-0.2, 0) is 9.47 Å². The van der Waals surface area contributed by atoms with Crippen molar-refractivity contribution in [1.29, 1.82) is 0 Å². The summed E-state index contributed by atoms with van der Waals surface area (Å²) in [5, 5.41) is 3.42. The normalized spacial score (nSPS) is 38.8. The van der Waals surface area contributed by atoms with E-state index in [1.165, 1.54) is 0 Å². The fourth-order valence-corrected chi connectivity index (χ4v) is 2.12. The Bertz CT molecular complexity index is 149. The van der Waals surface area contributed by atoms with E-state index in [4.69, 9.17) is 9.47 Å². The zero-order valence-electron chi connectivity index (χ0n) is 7.64. The molecule has 3 nitrogen and oxygen atoms in total. The third-order valence-corrected chi connectivity index (χ3v) is 2.98. The summed E-state index contributed by atoms with van der Waals surface area (Å²) in [6.45, 7) is 5.80. The van der Waals surface area contributed by atoms with Crippen LogP contribution in [0, 0.1) is 5.92 Å². The Morgan fingerprint density at radius 2 is 2.00 bits per heavy atom. The zero-order valence-corrected chi connectivity index (χ0v) is 7.64. The molecular weight excluding hydrogens is 154 g/mol. The first-order valence-electron chi connectivity index (χ1n) is 4.78. The molecular formula is C9H17NO2. The van der Waals surface area contributed by atoms with Crippen molar-refractivity contribution in [3.05, 3.63) is 0 Å². The van der Waals surface area contributed by atoms with Crippen LogP contribution in [-0.4, -0.2) is 32.1 Å². The van der Waals surface area contributed by atoms with Gasteiger partial charge in [-0.2, -0.15) is 0 Å². The molecule has 2 aliphatic heterocycles. The largest absolute Gasteiger partial charge is 0.381 e. The van der Waals surface area contributed by atoms with Gasteiger partial charge in [0, 0.05) is 25.7 Å². The third-order valence-electron chi connectivity index (χ3n) is 2.98. The van der Waals surface area contributed by atoms with Crippen molar-refractivity contribution < 1.29 is 9.47 Å². The molecule has 2 rings (SSSR count). The van der Waals surface area contributed by atoms with E-state index in [1.54, 1.807) is 0 Å². The highest BCUT2D eigenvalue weighted by Gasteiger charge is 2.38. The maximum atomic E-state index is 5.71. The number of ether oxygens (including phenoxy) is 2. The van der Waals surface area contributed by atoms with Crippen molar-refractivity contribution in [3.63, 3.8) is 0 Å². The maximum Gasteiger partial charge on any atom is 0.119 e. The van der Waals surface area contributed by atoms with Gasteiger partial charge in [0.2, 0.25) is 0 Å². The van der Waals surface area contributed by atoms with Crippen LogP contribution < -0.4 is 5.32 Å². The van der Waals surface area contributed by atoms with Crippen molar-refractivity contribution in [1.82, 2.24) is 5.32 Å². The second-order valence-electron chi connectivity index (χ2n) is 3.77. The predicted octanol–water partition coefficient (Wildman–Crippen LogP) is 0.749. The quantitative estimate of drug-likeness (QED) is 0.631. The van der Waals surface area contributed by atoms with Crippen molar-refractivity contribution in [2.24, 2.45) is 5.92 Å². The first kappa shape index (κ1) is 8.48. The zero-order chi connectivity index (χ0) is 8.44. The SMILES string of the molecule is CC1(C2CCOCC2)NCCO1. The van der Waals surface area contributed by atoms with Crippen LogP contribution in [0.1, 0.15) is 19.8 Å². The van der Waals surface area contributed by atoms with Gasteiger partial charge in [-0.3, -0.25) is 5.32 Å². The van der Waals surface area contributed by atoms with E-state index in [0.717, 1.165) is 39.2 Å². The molecule has 0 aromatic carbocycles. The summed E-state index contributed by atoms with van der Waals surface area (Å²) in [6.07, 6.45) is 2.26. The molecule has 0 amide bonds. The summed E-state index contributed by atoms with van der Waals surface area (Å²) in [6, 6.07) is 0. The van der Waals surface area contributed by atoms with Gasteiger partial charge in [0.15, 0.2) is 0 Å². The van der Waals surface area contributed by atoms with Crippen LogP contribution in [0.5, 0.6) is 0 Å². The molecule has 0 saturated carbocycles. The van der Waals surface area contributed by atoms with E-state index in [2.05, 4.69) is 12.2 Å². The minimum absolute atomic E-state index is 0.0657. The van der Waals surface area contributed by atoms with Gasteiger partial charge in [0.1, 0.15) is 5.72 Å². The summed E-state index contributed by atoms with van der Waals surface area (Å²) in [4.78, 5) is 0. The molecule has 0 radical (unpaired) electrons. The highest BCUT2D eigenvalue weighted by Crippen LogP contribution is 2.30. The van der Waals surface area contributed by atoms with Crippen LogP contribution >= 0.6 is 0 Å². The lowest BCUT2D eigenvalue weighted by Gasteiger charge is -2.35. The van der Waals surface area contributed by atoms with Crippen LogP contribution in [0.2, 0.25) is 0 Å². The summed E-state index contributed by atoms with van der Waals surface area (Å²) in [7, 11) is 0. The molecule has 1 unspecified atom stereocenters. The summed E-state index contributed by atoms with van der Waals surface area (Å²) < 4.78 is 11.0. The second-order valence-corrected chi connectivity index (χ2v) is 3.77. The molecule has 12 heavy (non-hydrogen) atoms. The van der Waals surface area contributed by atoms with Crippen LogP contribution in [0.4, 0.5) is 0 Å². The van der Waals surface area contributed by atoms with E-state index in [1.807, 2.05) is 0 Å². The number of rotatable bonds is 1. The molecule has 0 spiro atoms. The molecule has 1 atom stereocenters. The van der Waals surface area contributed by atoms with Gasteiger partial charge in [0.25, 0.3) is 0 Å². The molecule has 2 aliphatic rings. The molecule has 0 aromatic rings. The second kappa shape index (κ2) is 3.32. The highest BCUT2D eigenvalue weighted by atomic mass is 16.5. The monoisotopic (exact) mass is 171 g/mol. The molecule has 1 N–H and O–H groups in total. The molecule has 0 aliphatic carbocycles. The van der Waals surface area contributed by atoms with Gasteiger partial charge in [-0.05, 0) is 19.8 Å². The minimum Gasteiger partial charge on any atom is -0.381 e. The highest BCUT2D eigenvalue weighted by molar-refractivity contribution is 4.86. The Labute approximate surface area is 73.4 Å². The summed E-state index contributed by atoms with van der Waals surface area (Å²) in [5.74, 6) is 0.633. The lowest BCUT2D eigenvalue weighted by atomic mass is 9.90. The molecule has 0 bridgehead atoms. The van der Waals surface area contributed by atoms with E-state index < -0.39 is 0 Å². The molecule has 2 fully saturated rings. The smallest absolute Gasteiger partial charge is 0.119 e. The van der Waals surface area contributed by atoms with Gasteiger partial charge in [-0.1, -0.05) is 0 Å². The standard InChI is InChI=1S/C9H17NO2/c1-9(10-4-7-12-9)8-2-5-11-6-3-8/h8,10H,2-7H2,1H3. The average molecular weight is 171 g/mol. The van der Waals surface area contributed by atoms with E-state index in [-0.39, 0.29) is 5.72 Å². The number of hydrogen-bond donors (Lipinski definition) is 1. The third kappa shape index (κ3) is 1.49. The van der Waals surface area contributed by atoms with Crippen LogP contribution in [0.25, 0.3) is 0 Å². The molecule has 3 heteroatoms. The molecule has 2 heterocycles.